The summed E-state index contributed by atoms with van der Waals surface area (Å²) in [6.45, 7) is 3.76. The summed E-state index contributed by atoms with van der Waals surface area (Å²) in [5.41, 5.74) is 8.41. The van der Waals surface area contributed by atoms with Crippen LogP contribution in [0.15, 0.2) is 17.1 Å². The molecular weight excluding hydrogens is 248 g/mol. The minimum absolute atomic E-state index is 0.330. The van der Waals surface area contributed by atoms with Gasteiger partial charge in [0.2, 0.25) is 0 Å². The molecule has 0 saturated carbocycles. The van der Waals surface area contributed by atoms with E-state index in [0.717, 1.165) is 11.1 Å². The molecule has 19 heavy (non-hydrogen) atoms. The molecule has 0 spiro atoms. The fourth-order valence-corrected chi connectivity index (χ4v) is 1.58. The summed E-state index contributed by atoms with van der Waals surface area (Å²) in [6.07, 6.45) is 0. The number of aliphatic imine (C=N–C) groups is 1. The van der Waals surface area contributed by atoms with Crippen LogP contribution in [0.1, 0.15) is 11.1 Å². The van der Waals surface area contributed by atoms with Gasteiger partial charge in [0.25, 0.3) is 5.78 Å². The van der Waals surface area contributed by atoms with Crippen LogP contribution in [-0.4, -0.2) is 23.6 Å². The van der Waals surface area contributed by atoms with Crippen molar-refractivity contribution in [3.8, 4) is 0 Å². The molecule has 7 heteroatoms. The van der Waals surface area contributed by atoms with Crippen molar-refractivity contribution in [2.45, 2.75) is 13.8 Å². The number of nitrogen functional groups attached to an aromatic ring is 1. The van der Waals surface area contributed by atoms with Crippen LogP contribution in [0.5, 0.6) is 0 Å². The largest absolute Gasteiger partial charge is 0.397 e. The zero-order valence-electron chi connectivity index (χ0n) is 10.4. The van der Waals surface area contributed by atoms with Gasteiger partial charge >= 0.3 is 11.9 Å². The fraction of sp³-hybridized carbons (Fsp3) is 0.167. The molecule has 2 rings (SSSR count). The summed E-state index contributed by atoms with van der Waals surface area (Å²) < 4.78 is 0. The Hall–Kier alpha value is -2.70. The van der Waals surface area contributed by atoms with Crippen molar-refractivity contribution in [1.82, 2.24) is 10.6 Å². The van der Waals surface area contributed by atoms with Gasteiger partial charge in [0, 0.05) is 0 Å². The van der Waals surface area contributed by atoms with Gasteiger partial charge in [-0.2, -0.15) is 0 Å². The van der Waals surface area contributed by atoms with Crippen LogP contribution in [0.4, 0.5) is 16.2 Å². The summed E-state index contributed by atoms with van der Waals surface area (Å²) in [6, 6.07) is 2.61. The second-order valence-corrected chi connectivity index (χ2v) is 4.19. The number of carbonyl (C=O) groups is 3. The Morgan fingerprint density at radius 1 is 1.05 bits per heavy atom. The van der Waals surface area contributed by atoms with Crippen LogP contribution in [0.25, 0.3) is 0 Å². The molecule has 1 heterocycles. The predicted molar refractivity (Wildman–Crippen MR) is 69.1 cm³/mol. The standard InChI is InChI=1S/C12H12N4O3/c1-5-3-7(13)8(4-6(5)2)14-10-9(17)11(18)16-12(19)15-10/h3-4H,13H2,1-2H3,(H2,14,15,16,18,19). The van der Waals surface area contributed by atoms with Gasteiger partial charge in [-0.15, -0.1) is 0 Å². The number of carbonyl (C=O) groups excluding carboxylic acids is 3. The predicted octanol–water partition coefficient (Wildman–Crippen LogP) is 0.324. The molecule has 1 fully saturated rings. The van der Waals surface area contributed by atoms with Crippen molar-refractivity contribution >= 4 is 34.9 Å². The highest BCUT2D eigenvalue weighted by Crippen LogP contribution is 2.26. The summed E-state index contributed by atoms with van der Waals surface area (Å²) in [5.74, 6) is -2.24. The maximum atomic E-state index is 11.5. The van der Waals surface area contributed by atoms with Crippen LogP contribution >= 0.6 is 0 Å². The first-order valence-corrected chi connectivity index (χ1v) is 5.50. The summed E-state index contributed by atoms with van der Waals surface area (Å²) in [5, 5.41) is 4.01. The molecule has 0 aromatic heterocycles. The lowest BCUT2D eigenvalue weighted by molar-refractivity contribution is -0.134. The Morgan fingerprint density at radius 2 is 1.68 bits per heavy atom. The number of hydrogen-bond acceptors (Lipinski definition) is 5. The molecule has 4 N–H and O–H groups in total. The van der Waals surface area contributed by atoms with E-state index in [-0.39, 0.29) is 5.84 Å². The molecule has 0 radical (unpaired) electrons. The number of nitrogens with zero attached hydrogens (tertiary/aromatic N) is 1. The number of urea groups is 1. The van der Waals surface area contributed by atoms with Crippen molar-refractivity contribution in [3.05, 3.63) is 23.3 Å². The molecule has 1 aromatic rings. The number of anilines is 1. The molecule has 98 valence electrons. The lowest BCUT2D eigenvalue weighted by Crippen LogP contribution is -2.56. The van der Waals surface area contributed by atoms with Gasteiger partial charge in [-0.05, 0) is 37.1 Å². The highest BCUT2D eigenvalue weighted by molar-refractivity contribution is 6.68. The maximum absolute atomic E-state index is 11.5. The molecule has 0 bridgehead atoms. The summed E-state index contributed by atoms with van der Waals surface area (Å²) >= 11 is 0. The van der Waals surface area contributed by atoms with Gasteiger partial charge < -0.3 is 5.73 Å². The van der Waals surface area contributed by atoms with Gasteiger partial charge in [0.1, 0.15) is 0 Å². The Morgan fingerprint density at radius 3 is 2.37 bits per heavy atom. The Balaban J connectivity index is 2.45. The number of aryl methyl sites for hydroxylation is 2. The third-order valence-electron chi connectivity index (χ3n) is 2.76. The van der Waals surface area contributed by atoms with Crippen LogP contribution in [-0.2, 0) is 9.59 Å². The molecule has 0 atom stereocenters. The maximum Gasteiger partial charge on any atom is 0.327 e. The molecule has 1 saturated heterocycles. The second-order valence-electron chi connectivity index (χ2n) is 4.19. The molecule has 1 aliphatic rings. The van der Waals surface area contributed by atoms with Crippen molar-refractivity contribution in [1.29, 1.82) is 0 Å². The van der Waals surface area contributed by atoms with E-state index in [4.69, 9.17) is 5.73 Å². The minimum atomic E-state index is -1.01. The summed E-state index contributed by atoms with van der Waals surface area (Å²) in [7, 11) is 0. The number of amidine groups is 1. The lowest BCUT2D eigenvalue weighted by Gasteiger charge is -2.14. The second kappa shape index (κ2) is 4.52. The molecule has 0 unspecified atom stereocenters. The van der Waals surface area contributed by atoms with Crippen LogP contribution in [0, 0.1) is 13.8 Å². The molecule has 0 aliphatic carbocycles. The average molecular weight is 260 g/mol. The Labute approximate surface area is 108 Å². The highest BCUT2D eigenvalue weighted by atomic mass is 16.2. The fourth-order valence-electron chi connectivity index (χ4n) is 1.58. The third kappa shape index (κ3) is 2.44. The molecule has 1 aliphatic heterocycles. The summed E-state index contributed by atoms with van der Waals surface area (Å²) in [4.78, 5) is 37.8. The number of benzene rings is 1. The molecule has 7 nitrogen and oxygen atoms in total. The number of nitrogens with one attached hydrogen (secondary N) is 2. The number of ketones is 1. The molecule has 3 amide bonds. The monoisotopic (exact) mass is 260 g/mol. The van der Waals surface area contributed by atoms with Crippen LogP contribution in [0.2, 0.25) is 0 Å². The van der Waals surface area contributed by atoms with Gasteiger partial charge in [-0.3, -0.25) is 20.2 Å². The van der Waals surface area contributed by atoms with E-state index in [1.807, 2.05) is 19.2 Å². The van der Waals surface area contributed by atoms with Gasteiger partial charge in [-0.25, -0.2) is 9.79 Å². The number of imide groups is 1. The first-order valence-electron chi connectivity index (χ1n) is 5.50. The number of nitrogens with two attached hydrogens (primary N) is 1. The first-order chi connectivity index (χ1) is 8.88. The molecule has 1 aromatic carbocycles. The van der Waals surface area contributed by atoms with E-state index in [1.165, 1.54) is 0 Å². The third-order valence-corrected chi connectivity index (χ3v) is 2.76. The highest BCUT2D eigenvalue weighted by Gasteiger charge is 2.30. The smallest absolute Gasteiger partial charge is 0.327 e. The van der Waals surface area contributed by atoms with Gasteiger partial charge in [0.05, 0.1) is 11.4 Å². The normalized spacial score (nSPS) is 17.4. The van der Waals surface area contributed by atoms with E-state index in [9.17, 15) is 14.4 Å². The van der Waals surface area contributed by atoms with Crippen LogP contribution < -0.4 is 16.4 Å². The quantitative estimate of drug-likeness (QED) is 0.498. The lowest BCUT2D eigenvalue weighted by atomic mass is 10.1. The number of Topliss-reactive ketones (excluding diaryl/α,β-unsaturated/α-hetero) is 1. The SMILES string of the molecule is Cc1cc(N)c(N=C2NC(=O)NC(=O)C2=O)cc1C. The number of hydrogen-bond donors (Lipinski definition) is 3. The van der Waals surface area contributed by atoms with E-state index in [2.05, 4.69) is 10.3 Å². The first kappa shape index (κ1) is 12.7. The van der Waals surface area contributed by atoms with Crippen LogP contribution in [0.3, 0.4) is 0 Å². The average Bonchev–Trinajstić information content (AvgIpc) is 2.32. The Bertz CT molecular complexity index is 634. The zero-order chi connectivity index (χ0) is 14.2. The van der Waals surface area contributed by atoms with Gasteiger partial charge in [0.15, 0.2) is 5.84 Å². The van der Waals surface area contributed by atoms with Crippen molar-refractivity contribution in [3.63, 3.8) is 0 Å². The van der Waals surface area contributed by atoms with Crippen molar-refractivity contribution in [2.75, 3.05) is 5.73 Å². The van der Waals surface area contributed by atoms with Crippen molar-refractivity contribution in [2.24, 2.45) is 4.99 Å². The van der Waals surface area contributed by atoms with Crippen molar-refractivity contribution < 1.29 is 14.4 Å². The van der Waals surface area contributed by atoms with E-state index in [0.29, 0.717) is 11.4 Å². The van der Waals surface area contributed by atoms with E-state index in [1.54, 1.807) is 12.1 Å². The Kier molecular flexibility index (Phi) is 3.04. The number of rotatable bonds is 1. The van der Waals surface area contributed by atoms with Gasteiger partial charge in [-0.1, -0.05) is 0 Å². The van der Waals surface area contributed by atoms with E-state index >= 15 is 0 Å². The molecular formula is C12H12N4O3. The zero-order valence-corrected chi connectivity index (χ0v) is 10.4. The van der Waals surface area contributed by atoms with E-state index < -0.39 is 17.7 Å². The number of amides is 3. The topological polar surface area (TPSA) is 114 Å². The minimum Gasteiger partial charge on any atom is -0.397 e.